The second-order valence-electron chi connectivity index (χ2n) is 9.37. The fourth-order valence-electron chi connectivity index (χ4n) is 5.05. The number of aliphatic hydroxyl groups is 2. The molecule has 0 radical (unpaired) electrons. The van der Waals surface area contributed by atoms with Gasteiger partial charge in [-0.3, -0.25) is 4.79 Å². The zero-order valence-corrected chi connectivity index (χ0v) is 20.4. The van der Waals surface area contributed by atoms with E-state index >= 15 is 0 Å². The summed E-state index contributed by atoms with van der Waals surface area (Å²) in [5, 5.41) is 51.8. The summed E-state index contributed by atoms with van der Waals surface area (Å²) in [4.78, 5) is 48.9. The highest BCUT2D eigenvalue weighted by atomic mass is 16.8. The number of hydrogen-bond acceptors (Lipinski definition) is 9. The van der Waals surface area contributed by atoms with Gasteiger partial charge in [0.15, 0.2) is 6.10 Å². The van der Waals surface area contributed by atoms with E-state index in [9.17, 15) is 44.7 Å². The molecule has 1 aromatic rings. The van der Waals surface area contributed by atoms with E-state index in [0.717, 1.165) is 24.8 Å². The Bertz CT molecular complexity index is 1010. The first-order valence-corrected chi connectivity index (χ1v) is 12.2. The number of carbonyl (C=O) groups excluding carboxylic acids is 1. The van der Waals surface area contributed by atoms with Crippen LogP contribution in [0.2, 0.25) is 0 Å². The zero-order valence-electron chi connectivity index (χ0n) is 20.4. The van der Waals surface area contributed by atoms with Gasteiger partial charge in [-0.2, -0.15) is 0 Å². The first-order chi connectivity index (χ1) is 17.5. The average Bonchev–Trinajstić information content (AvgIpc) is 3.06. The molecule has 12 heteroatoms. The maximum atomic E-state index is 12.5. The van der Waals surface area contributed by atoms with Crippen LogP contribution in [-0.4, -0.2) is 84.7 Å². The fraction of sp³-hybridized carbons (Fsp3) is 0.600. The van der Waals surface area contributed by atoms with Gasteiger partial charge in [-0.15, -0.1) is 0 Å². The molecular weight excluding hydrogens is 492 g/mol. The van der Waals surface area contributed by atoms with Crippen LogP contribution in [0.15, 0.2) is 30.3 Å². The van der Waals surface area contributed by atoms with Gasteiger partial charge in [0.2, 0.25) is 23.1 Å². The third kappa shape index (κ3) is 4.93. The lowest BCUT2D eigenvalue weighted by atomic mass is 9.74. The molecule has 2 fully saturated rings. The number of unbranched alkanes of at least 4 members (excludes halogenated alkanes) is 3. The number of carboxylic acids is 3. The van der Waals surface area contributed by atoms with E-state index in [-0.39, 0.29) is 25.7 Å². The Balaban J connectivity index is 1.87. The molecule has 12 nitrogen and oxygen atoms in total. The summed E-state index contributed by atoms with van der Waals surface area (Å²) < 4.78 is 16.1. The van der Waals surface area contributed by atoms with Gasteiger partial charge in [-0.25, -0.2) is 14.4 Å². The van der Waals surface area contributed by atoms with Crippen LogP contribution in [0.5, 0.6) is 0 Å². The molecule has 0 aromatic heterocycles. The molecule has 6 atom stereocenters. The highest BCUT2D eigenvalue weighted by Crippen LogP contribution is 2.55. The van der Waals surface area contributed by atoms with Crippen molar-refractivity contribution in [1.82, 2.24) is 0 Å². The van der Waals surface area contributed by atoms with Gasteiger partial charge < -0.3 is 39.7 Å². The zero-order chi connectivity index (χ0) is 27.4. The van der Waals surface area contributed by atoms with Gasteiger partial charge in [-0.05, 0) is 31.2 Å². The van der Waals surface area contributed by atoms with Crippen molar-refractivity contribution < 1.29 is 58.9 Å². The topological polar surface area (TPSA) is 197 Å². The van der Waals surface area contributed by atoms with E-state index in [1.165, 1.54) is 0 Å². The van der Waals surface area contributed by atoms with E-state index in [0.29, 0.717) is 6.42 Å². The molecule has 3 rings (SSSR count). The normalized spacial score (nSPS) is 32.6. The Labute approximate surface area is 212 Å². The van der Waals surface area contributed by atoms with Crippen LogP contribution in [-0.2, 0) is 39.8 Å². The molecule has 2 aliphatic heterocycles. The minimum atomic E-state index is -3.74. The second-order valence-corrected chi connectivity index (χ2v) is 9.37. The number of esters is 1. The van der Waals surface area contributed by atoms with Gasteiger partial charge in [-0.1, -0.05) is 50.1 Å². The van der Waals surface area contributed by atoms with Crippen molar-refractivity contribution in [2.24, 2.45) is 0 Å². The number of aryl methyl sites for hydroxylation is 1. The molecule has 37 heavy (non-hydrogen) atoms. The first-order valence-electron chi connectivity index (χ1n) is 12.2. The van der Waals surface area contributed by atoms with E-state index in [4.69, 9.17) is 14.2 Å². The average molecular weight is 525 g/mol. The number of carbonyl (C=O) groups is 4. The van der Waals surface area contributed by atoms with Crippen molar-refractivity contribution in [1.29, 1.82) is 0 Å². The van der Waals surface area contributed by atoms with Gasteiger partial charge in [0.1, 0.15) is 6.10 Å². The molecule has 0 unspecified atom stereocenters. The summed E-state index contributed by atoms with van der Waals surface area (Å²) in [6, 6.07) is 9.78. The first kappa shape index (κ1) is 28.5. The molecule has 5 N–H and O–H groups in total. The predicted molar refractivity (Wildman–Crippen MR) is 123 cm³/mol. The van der Waals surface area contributed by atoms with E-state index < -0.39 is 59.2 Å². The second kappa shape index (κ2) is 11.1. The number of aliphatic hydroxyl groups excluding tert-OH is 1. The number of rotatable bonds is 13. The molecule has 204 valence electrons. The quantitative estimate of drug-likeness (QED) is 0.182. The van der Waals surface area contributed by atoms with E-state index in [1.54, 1.807) is 6.92 Å². The molecule has 1 aromatic carbocycles. The molecule has 0 spiro atoms. The van der Waals surface area contributed by atoms with Gasteiger partial charge >= 0.3 is 23.9 Å². The van der Waals surface area contributed by atoms with Crippen molar-refractivity contribution in [3.63, 3.8) is 0 Å². The number of ether oxygens (including phenoxy) is 3. The Morgan fingerprint density at radius 3 is 2.19 bits per heavy atom. The van der Waals surface area contributed by atoms with Crippen LogP contribution in [0, 0.1) is 0 Å². The lowest BCUT2D eigenvalue weighted by Crippen LogP contribution is -2.78. The van der Waals surface area contributed by atoms with Gasteiger partial charge in [0.25, 0.3) is 0 Å². The summed E-state index contributed by atoms with van der Waals surface area (Å²) in [5.41, 5.74) is -5.93. The summed E-state index contributed by atoms with van der Waals surface area (Å²) in [6.45, 7) is 1.63. The smallest absolute Gasteiger partial charge is 0.344 e. The lowest BCUT2D eigenvalue weighted by Gasteiger charge is -2.48. The molecule has 2 bridgehead atoms. The van der Waals surface area contributed by atoms with Crippen LogP contribution >= 0.6 is 0 Å². The van der Waals surface area contributed by atoms with Crippen molar-refractivity contribution in [3.05, 3.63) is 35.9 Å². The SMILES string of the molecule is CCCC(=O)O[C@@H]1[C@@H](O)[C@]2(CCCCCCc3ccccc3)O[C@H](C(=O)O)[C@@](O)(C(=O)O)[C@@]1(C(=O)O)O2. The minimum absolute atomic E-state index is 0.206. The molecule has 0 aliphatic carbocycles. The number of carboxylic acid groups (broad SMARTS) is 3. The largest absolute Gasteiger partial charge is 0.479 e. The summed E-state index contributed by atoms with van der Waals surface area (Å²) in [6.07, 6.45) is -3.92. The van der Waals surface area contributed by atoms with Gasteiger partial charge in [0.05, 0.1) is 0 Å². The number of benzene rings is 1. The Kier molecular flexibility index (Phi) is 8.58. The maximum absolute atomic E-state index is 12.5. The number of hydrogen-bond donors (Lipinski definition) is 5. The van der Waals surface area contributed by atoms with Crippen LogP contribution in [0.1, 0.15) is 57.4 Å². The number of aliphatic carboxylic acids is 3. The Morgan fingerprint density at radius 1 is 0.973 bits per heavy atom. The Hall–Kier alpha value is -3.06. The third-order valence-electron chi connectivity index (χ3n) is 6.90. The van der Waals surface area contributed by atoms with Gasteiger partial charge in [0, 0.05) is 12.8 Å². The third-order valence-corrected chi connectivity index (χ3v) is 6.90. The van der Waals surface area contributed by atoms with Crippen molar-refractivity contribution in [2.45, 2.75) is 93.6 Å². The molecule has 2 saturated heterocycles. The summed E-state index contributed by atoms with van der Waals surface area (Å²) >= 11 is 0. The molecule has 0 saturated carbocycles. The summed E-state index contributed by atoms with van der Waals surface area (Å²) in [7, 11) is 0. The molecular formula is C25H32O12. The van der Waals surface area contributed by atoms with Crippen molar-refractivity contribution in [3.8, 4) is 0 Å². The monoisotopic (exact) mass is 524 g/mol. The standard InChI is InChI=1S/C25H32O12/c1-2-10-16(26)35-18-17(27)23(14-9-4-3-6-11-15-12-7-5-8-13-15)36-19(20(28)29)24(34,21(30)31)25(18,37-23)22(32)33/h5,7-8,12-13,17-19,27,34H,2-4,6,9-11,14H2,1H3,(H,28,29)(H,30,31)(H,32,33)/t17-,18-,19-,23-,24-,25-/m1/s1. The van der Waals surface area contributed by atoms with E-state index in [1.807, 2.05) is 30.3 Å². The van der Waals surface area contributed by atoms with Crippen LogP contribution in [0.3, 0.4) is 0 Å². The molecule has 0 amide bonds. The molecule has 2 heterocycles. The van der Waals surface area contributed by atoms with Crippen molar-refractivity contribution in [2.75, 3.05) is 0 Å². The highest BCUT2D eigenvalue weighted by Gasteiger charge is 2.85. The Morgan fingerprint density at radius 2 is 1.62 bits per heavy atom. The maximum Gasteiger partial charge on any atom is 0.344 e. The minimum Gasteiger partial charge on any atom is -0.479 e. The molecule has 2 aliphatic rings. The lowest BCUT2D eigenvalue weighted by molar-refractivity contribution is -0.374. The number of fused-ring (bicyclic) bond motifs is 2. The fourth-order valence-corrected chi connectivity index (χ4v) is 5.05. The summed E-state index contributed by atoms with van der Waals surface area (Å²) in [5.74, 6) is -9.73. The van der Waals surface area contributed by atoms with Crippen LogP contribution in [0.4, 0.5) is 0 Å². The predicted octanol–water partition coefficient (Wildman–Crippen LogP) is 1.10. The van der Waals surface area contributed by atoms with Crippen LogP contribution in [0.25, 0.3) is 0 Å². The van der Waals surface area contributed by atoms with E-state index in [2.05, 4.69) is 0 Å². The highest BCUT2D eigenvalue weighted by molar-refractivity contribution is 5.98. The van der Waals surface area contributed by atoms with Crippen molar-refractivity contribution >= 4 is 23.9 Å². The van der Waals surface area contributed by atoms with Crippen LogP contribution < -0.4 is 0 Å².